The fraction of sp³-hybridized carbons (Fsp3) is 0.333. The van der Waals surface area contributed by atoms with Gasteiger partial charge in [0.1, 0.15) is 5.82 Å². The van der Waals surface area contributed by atoms with Crippen LogP contribution in [0, 0.1) is 15.3 Å². The first-order valence-corrected chi connectivity index (χ1v) is 11.4. The maximum absolute atomic E-state index is 14.5. The van der Waals surface area contributed by atoms with Gasteiger partial charge >= 0.3 is 5.97 Å². The lowest BCUT2D eigenvalue weighted by atomic mass is 9.86. The fourth-order valence-corrected chi connectivity index (χ4v) is 4.65. The number of aromatic nitrogens is 1. The minimum atomic E-state index is -0.341. The highest BCUT2D eigenvalue weighted by Crippen LogP contribution is 2.28. The maximum Gasteiger partial charge on any atom is 0.308 e. The van der Waals surface area contributed by atoms with Crippen LogP contribution in [0.15, 0.2) is 48.7 Å². The Hall–Kier alpha value is -2.42. The molecule has 1 fully saturated rings. The van der Waals surface area contributed by atoms with Crippen molar-refractivity contribution in [1.82, 2.24) is 9.88 Å². The van der Waals surface area contributed by atoms with Gasteiger partial charge in [0, 0.05) is 27.7 Å². The molecule has 0 radical (unpaired) electrons. The number of nitrogens with zero attached hydrogens (tertiary/aromatic N) is 1. The van der Waals surface area contributed by atoms with E-state index < -0.39 is 0 Å². The van der Waals surface area contributed by atoms with Crippen LogP contribution in [0.2, 0.25) is 0 Å². The van der Waals surface area contributed by atoms with Crippen LogP contribution in [0.25, 0.3) is 10.9 Å². The lowest BCUT2D eigenvalue weighted by molar-refractivity contribution is -0.146. The molecule has 0 saturated heterocycles. The second-order valence-corrected chi connectivity index (χ2v) is 9.22. The van der Waals surface area contributed by atoms with Crippen molar-refractivity contribution < 1.29 is 18.7 Å². The first-order valence-electron chi connectivity index (χ1n) is 10.4. The highest BCUT2D eigenvalue weighted by molar-refractivity contribution is 14.1. The Morgan fingerprint density at radius 3 is 2.48 bits per heavy atom. The summed E-state index contributed by atoms with van der Waals surface area (Å²) in [5.41, 5.74) is 2.14. The molecule has 162 valence electrons. The summed E-state index contributed by atoms with van der Waals surface area (Å²) >= 11 is 2.26. The van der Waals surface area contributed by atoms with Gasteiger partial charge in [0.15, 0.2) is 0 Å². The van der Waals surface area contributed by atoms with Gasteiger partial charge in [-0.15, -0.1) is 0 Å². The molecule has 0 atom stereocenters. The molecule has 0 aliphatic heterocycles. The summed E-state index contributed by atoms with van der Waals surface area (Å²) in [4.78, 5) is 24.8. The number of hydrogen-bond acceptors (Lipinski definition) is 3. The number of methoxy groups -OCH3 is 1. The zero-order chi connectivity index (χ0) is 22.0. The molecule has 1 aliphatic carbocycles. The van der Waals surface area contributed by atoms with Gasteiger partial charge in [0.05, 0.1) is 24.1 Å². The Morgan fingerprint density at radius 2 is 1.81 bits per heavy atom. The molecular weight excluding hydrogens is 510 g/mol. The van der Waals surface area contributed by atoms with Gasteiger partial charge < -0.3 is 14.6 Å². The van der Waals surface area contributed by atoms with Gasteiger partial charge in [-0.25, -0.2) is 4.39 Å². The largest absolute Gasteiger partial charge is 0.469 e. The second-order valence-electron chi connectivity index (χ2n) is 7.97. The molecule has 1 amide bonds. The number of fused-ring (bicyclic) bond motifs is 1. The molecule has 1 aliphatic rings. The van der Waals surface area contributed by atoms with Crippen LogP contribution in [-0.4, -0.2) is 29.6 Å². The summed E-state index contributed by atoms with van der Waals surface area (Å²) in [5, 5.41) is 3.52. The highest BCUT2D eigenvalue weighted by atomic mass is 127. The van der Waals surface area contributed by atoms with Crippen molar-refractivity contribution in [3.05, 3.63) is 69.2 Å². The minimum Gasteiger partial charge on any atom is -0.469 e. The molecule has 1 aromatic heterocycles. The van der Waals surface area contributed by atoms with Gasteiger partial charge in [-0.3, -0.25) is 9.59 Å². The average molecular weight is 534 g/mol. The van der Waals surface area contributed by atoms with E-state index >= 15 is 0 Å². The summed E-state index contributed by atoms with van der Waals surface area (Å²) < 4.78 is 22.4. The average Bonchev–Trinajstić information content (AvgIpc) is 3.20. The number of hydrogen-bond donors (Lipinski definition) is 1. The molecule has 1 heterocycles. The molecule has 1 N–H and O–H groups in total. The van der Waals surface area contributed by atoms with E-state index in [9.17, 15) is 14.0 Å². The van der Waals surface area contributed by atoms with E-state index in [1.54, 1.807) is 12.1 Å². The van der Waals surface area contributed by atoms with Crippen molar-refractivity contribution in [2.75, 3.05) is 7.11 Å². The first kappa shape index (κ1) is 21.8. The van der Waals surface area contributed by atoms with Gasteiger partial charge in [-0.05, 0) is 84.2 Å². The molecule has 1 saturated carbocycles. The number of esters is 1. The van der Waals surface area contributed by atoms with Crippen LogP contribution >= 0.6 is 22.6 Å². The molecule has 4 rings (SSSR count). The van der Waals surface area contributed by atoms with Crippen LogP contribution < -0.4 is 5.32 Å². The smallest absolute Gasteiger partial charge is 0.308 e. The Labute approximate surface area is 194 Å². The number of rotatable bonds is 5. The van der Waals surface area contributed by atoms with Gasteiger partial charge in [0.25, 0.3) is 5.91 Å². The standard InChI is InChI=1S/C24H24FIN2O3/c1-31-24(30)16-4-8-18(9-5-16)27-23(29)20-10-11-21(25)19-12-13-28(22(19)20)14-15-2-6-17(26)7-3-15/h2-3,6-7,10-13,16,18H,4-5,8-9,14H2,1H3,(H,27,29). The molecule has 2 aromatic carbocycles. The van der Waals surface area contributed by atoms with Crippen molar-refractivity contribution >= 4 is 45.4 Å². The topological polar surface area (TPSA) is 60.3 Å². The van der Waals surface area contributed by atoms with Crippen LogP contribution in [0.5, 0.6) is 0 Å². The Morgan fingerprint density at radius 1 is 1.10 bits per heavy atom. The zero-order valence-corrected chi connectivity index (χ0v) is 19.4. The van der Waals surface area contributed by atoms with Crippen molar-refractivity contribution in [2.24, 2.45) is 5.92 Å². The highest BCUT2D eigenvalue weighted by Gasteiger charge is 2.28. The molecule has 0 bridgehead atoms. The van der Waals surface area contributed by atoms with Crippen LogP contribution in [0.4, 0.5) is 4.39 Å². The van der Waals surface area contributed by atoms with E-state index in [1.165, 1.54) is 13.2 Å². The predicted octanol–water partition coefficient (Wildman–Crippen LogP) is 4.89. The van der Waals surface area contributed by atoms with Crippen molar-refractivity contribution in [3.63, 3.8) is 0 Å². The molecule has 7 heteroatoms. The van der Waals surface area contributed by atoms with E-state index in [0.29, 0.717) is 35.9 Å². The number of carbonyl (C=O) groups excluding carboxylic acids is 2. The lowest BCUT2D eigenvalue weighted by Gasteiger charge is -2.27. The Bertz CT molecular complexity index is 1100. The van der Waals surface area contributed by atoms with Gasteiger partial charge in [-0.2, -0.15) is 0 Å². The third-order valence-electron chi connectivity index (χ3n) is 5.98. The second kappa shape index (κ2) is 9.38. The van der Waals surface area contributed by atoms with Crippen molar-refractivity contribution in [1.29, 1.82) is 0 Å². The number of carbonyl (C=O) groups is 2. The van der Waals surface area contributed by atoms with Crippen LogP contribution in [0.1, 0.15) is 41.6 Å². The molecule has 31 heavy (non-hydrogen) atoms. The van der Waals surface area contributed by atoms with Gasteiger partial charge in [-0.1, -0.05) is 12.1 Å². The van der Waals surface area contributed by atoms with E-state index in [0.717, 1.165) is 22.0 Å². The SMILES string of the molecule is COC(=O)C1CCC(NC(=O)c2ccc(F)c3ccn(Cc4ccc(I)cc4)c23)CC1. The third-order valence-corrected chi connectivity index (χ3v) is 6.70. The zero-order valence-electron chi connectivity index (χ0n) is 17.2. The number of halogens is 2. The normalized spacial score (nSPS) is 18.7. The summed E-state index contributed by atoms with van der Waals surface area (Å²) in [6.45, 7) is 0.550. The molecule has 3 aromatic rings. The van der Waals surface area contributed by atoms with E-state index in [4.69, 9.17) is 4.74 Å². The fourth-order valence-electron chi connectivity index (χ4n) is 4.30. The monoisotopic (exact) mass is 534 g/mol. The molecule has 0 unspecified atom stereocenters. The van der Waals surface area contributed by atoms with Crippen LogP contribution in [-0.2, 0) is 16.1 Å². The molecule has 0 spiro atoms. The lowest BCUT2D eigenvalue weighted by Crippen LogP contribution is -2.39. The van der Waals surface area contributed by atoms with Crippen LogP contribution in [0.3, 0.4) is 0 Å². The van der Waals surface area contributed by atoms with E-state index in [-0.39, 0.29) is 29.7 Å². The quantitative estimate of drug-likeness (QED) is 0.375. The van der Waals surface area contributed by atoms with Crippen molar-refractivity contribution in [2.45, 2.75) is 38.3 Å². The molecule has 5 nitrogen and oxygen atoms in total. The number of amides is 1. The Kier molecular flexibility index (Phi) is 6.60. The predicted molar refractivity (Wildman–Crippen MR) is 125 cm³/mol. The van der Waals surface area contributed by atoms with E-state index in [1.807, 2.05) is 35.0 Å². The number of nitrogens with one attached hydrogen (secondary N) is 1. The Balaban J connectivity index is 1.55. The third kappa shape index (κ3) is 4.76. The molecular formula is C24H24FIN2O3. The summed E-state index contributed by atoms with van der Waals surface area (Å²) in [7, 11) is 1.40. The summed E-state index contributed by atoms with van der Waals surface area (Å²) in [5.74, 6) is -0.833. The first-order chi connectivity index (χ1) is 15.0. The van der Waals surface area contributed by atoms with Crippen molar-refractivity contribution in [3.8, 4) is 0 Å². The minimum absolute atomic E-state index is 0.00637. The van der Waals surface area contributed by atoms with E-state index in [2.05, 4.69) is 27.9 Å². The summed E-state index contributed by atoms with van der Waals surface area (Å²) in [6, 6.07) is 12.7. The number of ether oxygens (including phenoxy) is 1. The van der Waals surface area contributed by atoms with Gasteiger partial charge in [0.2, 0.25) is 0 Å². The maximum atomic E-state index is 14.5. The number of benzene rings is 2. The summed E-state index contributed by atoms with van der Waals surface area (Å²) in [6.07, 6.45) is 4.66.